The van der Waals surface area contributed by atoms with Crippen molar-refractivity contribution in [3.05, 3.63) is 53.2 Å². The SMILES string of the molecule is CC(C)CCN1CCc2c(cccc2Oc2ccc(C(N)=O)cn2)C1. The monoisotopic (exact) mass is 339 g/mol. The van der Waals surface area contributed by atoms with Crippen molar-refractivity contribution in [1.82, 2.24) is 9.88 Å². The molecular formula is C20H25N3O2. The molecule has 0 bridgehead atoms. The third kappa shape index (κ3) is 4.37. The Balaban J connectivity index is 1.72. The fraction of sp³-hybridized carbons (Fsp3) is 0.400. The van der Waals surface area contributed by atoms with Gasteiger partial charge in [0, 0.05) is 30.9 Å². The van der Waals surface area contributed by atoms with Crippen LogP contribution in [0.3, 0.4) is 0 Å². The maximum Gasteiger partial charge on any atom is 0.250 e. The van der Waals surface area contributed by atoms with E-state index in [4.69, 9.17) is 10.5 Å². The van der Waals surface area contributed by atoms with Crippen molar-refractivity contribution in [3.63, 3.8) is 0 Å². The number of aromatic nitrogens is 1. The maximum absolute atomic E-state index is 11.1. The number of hydrogen-bond acceptors (Lipinski definition) is 4. The number of fused-ring (bicyclic) bond motifs is 1. The molecule has 0 unspecified atom stereocenters. The zero-order valence-electron chi connectivity index (χ0n) is 14.9. The first kappa shape index (κ1) is 17.4. The molecule has 2 heterocycles. The van der Waals surface area contributed by atoms with Gasteiger partial charge in [0.05, 0.1) is 5.56 Å². The summed E-state index contributed by atoms with van der Waals surface area (Å²) in [6, 6.07) is 9.49. The smallest absolute Gasteiger partial charge is 0.250 e. The molecule has 1 aliphatic heterocycles. The summed E-state index contributed by atoms with van der Waals surface area (Å²) in [6.07, 6.45) is 3.64. The van der Waals surface area contributed by atoms with E-state index in [1.165, 1.54) is 23.7 Å². The second kappa shape index (κ2) is 7.66. The minimum absolute atomic E-state index is 0.378. The Labute approximate surface area is 148 Å². The Morgan fingerprint density at radius 2 is 2.16 bits per heavy atom. The van der Waals surface area contributed by atoms with Gasteiger partial charge in [-0.1, -0.05) is 26.0 Å². The number of nitrogens with zero attached hydrogens (tertiary/aromatic N) is 2. The Kier molecular flexibility index (Phi) is 5.34. The minimum atomic E-state index is -0.488. The molecule has 1 aromatic carbocycles. The first-order valence-electron chi connectivity index (χ1n) is 8.79. The summed E-state index contributed by atoms with van der Waals surface area (Å²) in [6.45, 7) is 7.68. The van der Waals surface area contributed by atoms with Crippen LogP contribution in [0.4, 0.5) is 0 Å². The normalized spacial score (nSPS) is 14.4. The highest BCUT2D eigenvalue weighted by atomic mass is 16.5. The molecule has 5 heteroatoms. The summed E-state index contributed by atoms with van der Waals surface area (Å²) in [7, 11) is 0. The molecule has 0 saturated heterocycles. The highest BCUT2D eigenvalue weighted by Gasteiger charge is 2.20. The van der Waals surface area contributed by atoms with Crippen LogP contribution in [0.1, 0.15) is 41.8 Å². The topological polar surface area (TPSA) is 68.5 Å². The van der Waals surface area contributed by atoms with Gasteiger partial charge in [-0.15, -0.1) is 0 Å². The molecular weight excluding hydrogens is 314 g/mol. The highest BCUT2D eigenvalue weighted by molar-refractivity contribution is 5.92. The first-order valence-corrected chi connectivity index (χ1v) is 8.79. The zero-order chi connectivity index (χ0) is 17.8. The van der Waals surface area contributed by atoms with Gasteiger partial charge in [-0.25, -0.2) is 4.98 Å². The molecule has 0 aliphatic carbocycles. The van der Waals surface area contributed by atoms with Crippen molar-refractivity contribution in [2.24, 2.45) is 11.7 Å². The molecule has 2 N–H and O–H groups in total. The summed E-state index contributed by atoms with van der Waals surface area (Å²) in [4.78, 5) is 17.8. The molecule has 0 atom stereocenters. The standard InChI is InChI=1S/C20H25N3O2/c1-14(2)8-10-23-11-9-17-16(13-23)4-3-5-18(17)25-19-7-6-15(12-22-19)20(21)24/h3-7,12,14H,8-11,13H2,1-2H3,(H2,21,24). The summed E-state index contributed by atoms with van der Waals surface area (Å²) < 4.78 is 5.96. The first-order chi connectivity index (χ1) is 12.0. The van der Waals surface area contributed by atoms with Crippen LogP contribution in [-0.4, -0.2) is 28.9 Å². The van der Waals surface area contributed by atoms with E-state index in [0.29, 0.717) is 11.4 Å². The lowest BCUT2D eigenvalue weighted by Gasteiger charge is -2.30. The van der Waals surface area contributed by atoms with Crippen LogP contribution >= 0.6 is 0 Å². The molecule has 0 saturated carbocycles. The van der Waals surface area contributed by atoms with Crippen LogP contribution in [-0.2, 0) is 13.0 Å². The molecule has 1 aliphatic rings. The average Bonchev–Trinajstić information content (AvgIpc) is 2.60. The van der Waals surface area contributed by atoms with Gasteiger partial charge in [0.1, 0.15) is 5.75 Å². The van der Waals surface area contributed by atoms with Gasteiger partial charge < -0.3 is 10.5 Å². The quantitative estimate of drug-likeness (QED) is 0.876. The van der Waals surface area contributed by atoms with Gasteiger partial charge in [0.25, 0.3) is 0 Å². The van der Waals surface area contributed by atoms with Crippen LogP contribution in [0.15, 0.2) is 36.5 Å². The van der Waals surface area contributed by atoms with Gasteiger partial charge in [-0.3, -0.25) is 9.69 Å². The lowest BCUT2D eigenvalue weighted by atomic mass is 9.98. The molecule has 132 valence electrons. The Morgan fingerprint density at radius 1 is 1.32 bits per heavy atom. The van der Waals surface area contributed by atoms with Crippen molar-refractivity contribution < 1.29 is 9.53 Å². The fourth-order valence-electron chi connectivity index (χ4n) is 3.06. The van der Waals surface area contributed by atoms with Crippen LogP contribution in [0.5, 0.6) is 11.6 Å². The largest absolute Gasteiger partial charge is 0.439 e. The molecule has 0 radical (unpaired) electrons. The Bertz CT molecular complexity index is 741. The second-order valence-corrected chi connectivity index (χ2v) is 6.95. The highest BCUT2D eigenvalue weighted by Crippen LogP contribution is 2.31. The van der Waals surface area contributed by atoms with Crippen molar-refractivity contribution in [2.75, 3.05) is 13.1 Å². The molecule has 3 rings (SSSR count). The van der Waals surface area contributed by atoms with E-state index >= 15 is 0 Å². The number of rotatable bonds is 6. The van der Waals surface area contributed by atoms with Crippen molar-refractivity contribution in [3.8, 4) is 11.6 Å². The van der Waals surface area contributed by atoms with Gasteiger partial charge in [-0.05, 0) is 43.0 Å². The molecule has 1 amide bonds. The average molecular weight is 339 g/mol. The fourth-order valence-corrected chi connectivity index (χ4v) is 3.06. The lowest BCUT2D eigenvalue weighted by Crippen LogP contribution is -2.32. The van der Waals surface area contributed by atoms with Gasteiger partial charge in [0.2, 0.25) is 11.8 Å². The van der Waals surface area contributed by atoms with Crippen molar-refractivity contribution in [2.45, 2.75) is 33.2 Å². The number of benzene rings is 1. The molecule has 0 spiro atoms. The molecule has 2 aromatic rings. The van der Waals surface area contributed by atoms with E-state index < -0.39 is 5.91 Å². The maximum atomic E-state index is 11.1. The second-order valence-electron chi connectivity index (χ2n) is 6.95. The van der Waals surface area contributed by atoms with Crippen LogP contribution in [0, 0.1) is 5.92 Å². The number of ether oxygens (including phenoxy) is 1. The molecule has 25 heavy (non-hydrogen) atoms. The number of carbonyl (C=O) groups is 1. The van der Waals surface area contributed by atoms with Crippen LogP contribution in [0.2, 0.25) is 0 Å². The van der Waals surface area contributed by atoms with Gasteiger partial charge in [-0.2, -0.15) is 0 Å². The van der Waals surface area contributed by atoms with E-state index in [1.807, 2.05) is 12.1 Å². The summed E-state index contributed by atoms with van der Waals surface area (Å²) in [5.41, 5.74) is 8.19. The molecule has 5 nitrogen and oxygen atoms in total. The predicted molar refractivity (Wildman–Crippen MR) is 97.7 cm³/mol. The van der Waals surface area contributed by atoms with Crippen LogP contribution < -0.4 is 10.5 Å². The van der Waals surface area contributed by atoms with E-state index in [-0.39, 0.29) is 0 Å². The molecule has 0 fully saturated rings. The Morgan fingerprint density at radius 3 is 2.84 bits per heavy atom. The van der Waals surface area contributed by atoms with Crippen molar-refractivity contribution >= 4 is 5.91 Å². The van der Waals surface area contributed by atoms with Gasteiger partial charge in [0.15, 0.2) is 0 Å². The summed E-state index contributed by atoms with van der Waals surface area (Å²) in [5.74, 6) is 1.56. The number of nitrogens with two attached hydrogens (primary N) is 1. The van der Waals surface area contributed by atoms with E-state index in [9.17, 15) is 4.79 Å². The van der Waals surface area contributed by atoms with E-state index in [2.05, 4.69) is 29.8 Å². The van der Waals surface area contributed by atoms with E-state index in [1.54, 1.807) is 12.1 Å². The molecule has 1 aromatic heterocycles. The number of primary amides is 1. The predicted octanol–water partition coefficient (Wildman–Crippen LogP) is 3.38. The van der Waals surface area contributed by atoms with Crippen molar-refractivity contribution in [1.29, 1.82) is 0 Å². The minimum Gasteiger partial charge on any atom is -0.439 e. The number of amides is 1. The number of hydrogen-bond donors (Lipinski definition) is 1. The Hall–Kier alpha value is -2.40. The third-order valence-corrected chi connectivity index (χ3v) is 4.56. The lowest BCUT2D eigenvalue weighted by molar-refractivity contribution is 0.1000. The summed E-state index contributed by atoms with van der Waals surface area (Å²) in [5, 5.41) is 0. The van der Waals surface area contributed by atoms with Crippen LogP contribution in [0.25, 0.3) is 0 Å². The van der Waals surface area contributed by atoms with Gasteiger partial charge >= 0.3 is 0 Å². The number of carbonyl (C=O) groups excluding carboxylic acids is 1. The number of pyridine rings is 1. The zero-order valence-corrected chi connectivity index (χ0v) is 14.9. The van der Waals surface area contributed by atoms with E-state index in [0.717, 1.165) is 37.7 Å². The third-order valence-electron chi connectivity index (χ3n) is 4.56. The summed E-state index contributed by atoms with van der Waals surface area (Å²) >= 11 is 0.